The Labute approximate surface area is 223 Å². The molecule has 1 heterocycles. The molecule has 3 rings (SSSR count). The van der Waals surface area contributed by atoms with Crippen LogP contribution in [0, 0.1) is 36.5 Å². The molecular formula is C29H34N4O5. The topological polar surface area (TPSA) is 136 Å². The Kier molecular flexibility index (Phi) is 11.3. The van der Waals surface area contributed by atoms with Crippen molar-refractivity contribution < 1.29 is 24.1 Å². The number of hydrogen-bond acceptors (Lipinski definition) is 8. The van der Waals surface area contributed by atoms with E-state index in [1.165, 1.54) is 0 Å². The Morgan fingerprint density at radius 1 is 0.816 bits per heavy atom. The fraction of sp³-hybridized carbons (Fsp3) is 0.379. The zero-order valence-corrected chi connectivity index (χ0v) is 21.9. The van der Waals surface area contributed by atoms with E-state index in [0.717, 1.165) is 33.8 Å². The van der Waals surface area contributed by atoms with E-state index < -0.39 is 6.23 Å². The number of aromatic nitrogens is 1. The van der Waals surface area contributed by atoms with Gasteiger partial charge in [0, 0.05) is 23.5 Å². The van der Waals surface area contributed by atoms with E-state index in [2.05, 4.69) is 16.7 Å². The molecule has 0 spiro atoms. The first kappa shape index (κ1) is 28.9. The molecule has 38 heavy (non-hydrogen) atoms. The first-order valence-electron chi connectivity index (χ1n) is 12.4. The molecule has 3 aromatic rings. The summed E-state index contributed by atoms with van der Waals surface area (Å²) in [5, 5.41) is 27.8. The molecule has 0 radical (unpaired) electrons. The lowest BCUT2D eigenvalue weighted by Crippen LogP contribution is -2.26. The third-order valence-electron chi connectivity index (χ3n) is 5.99. The minimum absolute atomic E-state index is 0.0900. The molecule has 2 aromatic carbocycles. The standard InChI is InChI=1S/C29H34N4O5/c1-21-27(18-31)29(25-7-3-23(17-30)4-8-25)22(2)33(21)19-24-5-9-26(10-6-24)38-16-15-36-12-11-35-13-14-37-20-28(32)34/h3-10,28,34H,11-16,19-20,32H2,1-2H3. The van der Waals surface area contributed by atoms with Crippen LogP contribution in [0.5, 0.6) is 5.75 Å². The number of benzene rings is 2. The lowest BCUT2D eigenvalue weighted by molar-refractivity contribution is -0.0105. The van der Waals surface area contributed by atoms with Crippen molar-refractivity contribution in [3.8, 4) is 29.0 Å². The number of nitriles is 2. The van der Waals surface area contributed by atoms with E-state index in [9.17, 15) is 5.26 Å². The highest BCUT2D eigenvalue weighted by molar-refractivity contribution is 5.75. The van der Waals surface area contributed by atoms with Crippen LogP contribution >= 0.6 is 0 Å². The van der Waals surface area contributed by atoms with Gasteiger partial charge in [-0.1, -0.05) is 24.3 Å². The van der Waals surface area contributed by atoms with Gasteiger partial charge >= 0.3 is 0 Å². The maximum Gasteiger partial charge on any atom is 0.126 e. The van der Waals surface area contributed by atoms with Crippen molar-refractivity contribution in [3.63, 3.8) is 0 Å². The van der Waals surface area contributed by atoms with Crippen molar-refractivity contribution in [1.82, 2.24) is 4.57 Å². The molecule has 0 saturated carbocycles. The summed E-state index contributed by atoms with van der Waals surface area (Å²) in [6.45, 7) is 7.24. The molecule has 9 nitrogen and oxygen atoms in total. The minimum atomic E-state index is -0.964. The molecule has 1 aromatic heterocycles. The number of ether oxygens (including phenoxy) is 4. The average Bonchev–Trinajstić information content (AvgIpc) is 3.16. The number of rotatable bonds is 15. The van der Waals surface area contributed by atoms with Crippen LogP contribution < -0.4 is 10.5 Å². The van der Waals surface area contributed by atoms with Gasteiger partial charge in [-0.15, -0.1) is 0 Å². The fourth-order valence-electron chi connectivity index (χ4n) is 4.06. The van der Waals surface area contributed by atoms with Gasteiger partial charge < -0.3 is 34.4 Å². The molecule has 0 bridgehead atoms. The van der Waals surface area contributed by atoms with E-state index in [-0.39, 0.29) is 6.61 Å². The van der Waals surface area contributed by atoms with Crippen molar-refractivity contribution in [2.45, 2.75) is 26.6 Å². The fourth-order valence-corrected chi connectivity index (χ4v) is 4.06. The molecule has 0 aliphatic rings. The molecule has 0 fully saturated rings. The average molecular weight is 519 g/mol. The molecule has 0 aliphatic heterocycles. The van der Waals surface area contributed by atoms with Gasteiger partial charge in [-0.05, 0) is 49.2 Å². The normalized spacial score (nSPS) is 11.6. The summed E-state index contributed by atoms with van der Waals surface area (Å²) >= 11 is 0. The predicted molar refractivity (Wildman–Crippen MR) is 142 cm³/mol. The van der Waals surface area contributed by atoms with Gasteiger partial charge in [0.25, 0.3) is 0 Å². The van der Waals surface area contributed by atoms with E-state index in [4.69, 9.17) is 35.0 Å². The molecule has 200 valence electrons. The quantitative estimate of drug-likeness (QED) is 0.231. The number of hydrogen-bond donors (Lipinski definition) is 2. The van der Waals surface area contributed by atoms with Crippen molar-refractivity contribution in [1.29, 1.82) is 10.5 Å². The number of nitrogens with two attached hydrogens (primary N) is 1. The SMILES string of the molecule is Cc1c(C#N)c(-c2ccc(C#N)cc2)c(C)n1Cc1ccc(OCCOCCOCCOCC(N)O)cc1. The summed E-state index contributed by atoms with van der Waals surface area (Å²) in [5.74, 6) is 0.754. The van der Waals surface area contributed by atoms with Crippen molar-refractivity contribution >= 4 is 0 Å². The van der Waals surface area contributed by atoms with Gasteiger partial charge in [-0.25, -0.2) is 0 Å². The van der Waals surface area contributed by atoms with Crippen LogP contribution in [0.1, 0.15) is 28.1 Å². The minimum Gasteiger partial charge on any atom is -0.491 e. The molecule has 0 aliphatic carbocycles. The van der Waals surface area contributed by atoms with Crippen molar-refractivity contribution in [2.75, 3.05) is 46.2 Å². The first-order chi connectivity index (χ1) is 18.4. The summed E-state index contributed by atoms with van der Waals surface area (Å²) < 4.78 is 23.9. The Balaban J connectivity index is 1.46. The van der Waals surface area contributed by atoms with Crippen LogP contribution in [0.4, 0.5) is 0 Å². The van der Waals surface area contributed by atoms with E-state index >= 15 is 0 Å². The van der Waals surface area contributed by atoms with Gasteiger partial charge in [0.2, 0.25) is 0 Å². The lowest BCUT2D eigenvalue weighted by atomic mass is 10.0. The maximum atomic E-state index is 9.85. The van der Waals surface area contributed by atoms with Gasteiger partial charge in [0.15, 0.2) is 0 Å². The molecule has 0 saturated heterocycles. The zero-order valence-electron chi connectivity index (χ0n) is 21.9. The summed E-state index contributed by atoms with van der Waals surface area (Å²) in [6, 6.07) is 19.7. The highest BCUT2D eigenvalue weighted by atomic mass is 16.6. The van der Waals surface area contributed by atoms with Gasteiger partial charge in [0.05, 0.1) is 56.8 Å². The van der Waals surface area contributed by atoms with Crippen LogP contribution in [-0.2, 0) is 20.8 Å². The van der Waals surface area contributed by atoms with Crippen molar-refractivity contribution in [3.05, 3.63) is 76.6 Å². The Hall–Kier alpha value is -3.70. The van der Waals surface area contributed by atoms with E-state index in [1.54, 1.807) is 12.1 Å². The van der Waals surface area contributed by atoms with Gasteiger partial charge in [0.1, 0.15) is 24.7 Å². The second kappa shape index (κ2) is 14.9. The third kappa shape index (κ3) is 8.15. The molecule has 9 heteroatoms. The molecule has 1 unspecified atom stereocenters. The van der Waals surface area contributed by atoms with Crippen LogP contribution in [0.2, 0.25) is 0 Å². The molecule has 0 amide bonds. The zero-order chi connectivity index (χ0) is 27.3. The van der Waals surface area contributed by atoms with Crippen LogP contribution in [-0.4, -0.2) is 62.1 Å². The Morgan fingerprint density at radius 3 is 2.00 bits per heavy atom. The van der Waals surface area contributed by atoms with Crippen LogP contribution in [0.3, 0.4) is 0 Å². The van der Waals surface area contributed by atoms with E-state index in [1.807, 2.05) is 50.2 Å². The Morgan fingerprint density at radius 2 is 1.42 bits per heavy atom. The molecule has 1 atom stereocenters. The van der Waals surface area contributed by atoms with Crippen LogP contribution in [0.15, 0.2) is 48.5 Å². The summed E-state index contributed by atoms with van der Waals surface area (Å²) in [7, 11) is 0. The van der Waals surface area contributed by atoms with Gasteiger partial charge in [-0.3, -0.25) is 0 Å². The first-order valence-corrected chi connectivity index (χ1v) is 12.4. The highest BCUT2D eigenvalue weighted by Crippen LogP contribution is 2.32. The monoisotopic (exact) mass is 518 g/mol. The second-order valence-electron chi connectivity index (χ2n) is 8.67. The maximum absolute atomic E-state index is 9.85. The van der Waals surface area contributed by atoms with Gasteiger partial charge in [-0.2, -0.15) is 10.5 Å². The largest absolute Gasteiger partial charge is 0.491 e. The molecule has 3 N–H and O–H groups in total. The highest BCUT2D eigenvalue weighted by Gasteiger charge is 2.19. The summed E-state index contributed by atoms with van der Waals surface area (Å²) in [4.78, 5) is 0. The second-order valence-corrected chi connectivity index (χ2v) is 8.67. The molecular weight excluding hydrogens is 484 g/mol. The van der Waals surface area contributed by atoms with E-state index in [0.29, 0.717) is 57.3 Å². The third-order valence-corrected chi connectivity index (χ3v) is 5.99. The predicted octanol–water partition coefficient (Wildman–Crippen LogP) is 3.27. The van der Waals surface area contributed by atoms with Crippen molar-refractivity contribution in [2.24, 2.45) is 5.73 Å². The number of aliphatic hydroxyl groups excluding tert-OH is 1. The Bertz CT molecular complexity index is 1240. The van der Waals surface area contributed by atoms with Crippen LogP contribution in [0.25, 0.3) is 11.1 Å². The number of nitrogens with zero attached hydrogens (tertiary/aromatic N) is 3. The lowest BCUT2D eigenvalue weighted by Gasteiger charge is -2.12. The summed E-state index contributed by atoms with van der Waals surface area (Å²) in [5.41, 5.74) is 11.2. The summed E-state index contributed by atoms with van der Waals surface area (Å²) in [6.07, 6.45) is -0.964. The smallest absolute Gasteiger partial charge is 0.126 e. The number of aliphatic hydroxyl groups is 1.